The molecule has 0 heterocycles. The summed E-state index contributed by atoms with van der Waals surface area (Å²) < 4.78 is 5.81. The van der Waals surface area contributed by atoms with Crippen LogP contribution in [-0.2, 0) is 14.3 Å². The third-order valence-electron chi connectivity index (χ3n) is 6.92. The summed E-state index contributed by atoms with van der Waals surface area (Å²) in [5.41, 5.74) is 5.50. The summed E-state index contributed by atoms with van der Waals surface area (Å²) >= 11 is 0. The predicted molar refractivity (Wildman–Crippen MR) is 142 cm³/mol. The lowest BCUT2D eigenvalue weighted by Crippen LogP contribution is -2.36. The average Bonchev–Trinajstić information content (AvgIpc) is 2.78. The quantitative estimate of drug-likeness (QED) is 0.0904. The Labute approximate surface area is 211 Å². The van der Waals surface area contributed by atoms with E-state index in [4.69, 9.17) is 10.5 Å². The Bertz CT molecular complexity index is 508. The van der Waals surface area contributed by atoms with E-state index in [1.165, 1.54) is 64.2 Å². The van der Waals surface area contributed by atoms with Crippen LogP contribution in [0.3, 0.4) is 0 Å². The third kappa shape index (κ3) is 17.4. The summed E-state index contributed by atoms with van der Waals surface area (Å²) in [5, 5.41) is 10.8. The molecule has 0 aliphatic rings. The molecular weight excluding hydrogens is 426 g/mol. The Hall–Kier alpha value is -1.10. The maximum Gasteiger partial charge on any atom is 0.318 e. The number of carbonyl (C=O) groups excluding carboxylic acids is 2. The third-order valence-corrected chi connectivity index (χ3v) is 6.92. The van der Waals surface area contributed by atoms with Crippen LogP contribution < -0.4 is 5.73 Å². The summed E-state index contributed by atoms with van der Waals surface area (Å²) in [7, 11) is 0. The average molecular weight is 484 g/mol. The van der Waals surface area contributed by atoms with Crippen molar-refractivity contribution in [2.45, 2.75) is 156 Å². The molecule has 4 atom stereocenters. The standard InChI is InChI=1S/C29H57NO4/c1-6-8-10-12-13-14-15-16-18-20-25(22-27(31)24(5)19-17-11-9-7-2)34-29(33)26(28(30)32)21-23(3)4/h23-27,31H,6-22H2,1-5H3,(H2,30,32)/t24-,25-,26-,27-/m0/s1. The first kappa shape index (κ1) is 32.9. The fourth-order valence-corrected chi connectivity index (χ4v) is 4.54. The molecule has 3 N–H and O–H groups in total. The molecule has 0 fully saturated rings. The van der Waals surface area contributed by atoms with Gasteiger partial charge in [0.1, 0.15) is 12.0 Å². The number of hydrogen-bond donors (Lipinski definition) is 2. The van der Waals surface area contributed by atoms with Crippen LogP contribution in [0, 0.1) is 17.8 Å². The van der Waals surface area contributed by atoms with E-state index in [9.17, 15) is 14.7 Å². The second-order valence-corrected chi connectivity index (χ2v) is 10.9. The molecule has 5 heteroatoms. The van der Waals surface area contributed by atoms with Crippen molar-refractivity contribution in [3.8, 4) is 0 Å². The van der Waals surface area contributed by atoms with E-state index in [0.717, 1.165) is 32.1 Å². The van der Waals surface area contributed by atoms with E-state index in [1.54, 1.807) is 0 Å². The van der Waals surface area contributed by atoms with Crippen LogP contribution in [0.2, 0.25) is 0 Å². The summed E-state index contributed by atoms with van der Waals surface area (Å²) in [6.07, 6.45) is 17.5. The molecule has 0 aliphatic carbocycles. The van der Waals surface area contributed by atoms with Gasteiger partial charge in [0.2, 0.25) is 5.91 Å². The number of rotatable bonds is 23. The largest absolute Gasteiger partial charge is 0.462 e. The van der Waals surface area contributed by atoms with Crippen molar-refractivity contribution in [3.05, 3.63) is 0 Å². The lowest BCUT2D eigenvalue weighted by molar-refractivity contribution is -0.159. The maximum absolute atomic E-state index is 12.8. The van der Waals surface area contributed by atoms with Crippen LogP contribution in [0.5, 0.6) is 0 Å². The molecule has 0 unspecified atom stereocenters. The number of nitrogens with two attached hydrogens (primary N) is 1. The van der Waals surface area contributed by atoms with Crippen LogP contribution in [0.4, 0.5) is 0 Å². The number of primary amides is 1. The van der Waals surface area contributed by atoms with E-state index in [1.807, 2.05) is 13.8 Å². The van der Waals surface area contributed by atoms with Crippen molar-refractivity contribution in [1.29, 1.82) is 0 Å². The van der Waals surface area contributed by atoms with Crippen LogP contribution in [0.15, 0.2) is 0 Å². The lowest BCUT2D eigenvalue weighted by Gasteiger charge is -2.26. The lowest BCUT2D eigenvalue weighted by atomic mass is 9.91. The minimum Gasteiger partial charge on any atom is -0.462 e. The van der Waals surface area contributed by atoms with Gasteiger partial charge in [-0.25, -0.2) is 0 Å². The number of carbonyl (C=O) groups is 2. The molecule has 202 valence electrons. The molecule has 0 aromatic carbocycles. The van der Waals surface area contributed by atoms with Gasteiger partial charge in [0.15, 0.2) is 0 Å². The molecule has 0 saturated carbocycles. The number of amides is 1. The number of ether oxygens (including phenoxy) is 1. The van der Waals surface area contributed by atoms with Crippen LogP contribution in [-0.4, -0.2) is 29.2 Å². The molecule has 0 aliphatic heterocycles. The second-order valence-electron chi connectivity index (χ2n) is 10.9. The number of esters is 1. The Morgan fingerprint density at radius 2 is 1.21 bits per heavy atom. The molecule has 0 spiro atoms. The zero-order valence-corrected chi connectivity index (χ0v) is 23.2. The van der Waals surface area contributed by atoms with Crippen molar-refractivity contribution in [2.24, 2.45) is 23.5 Å². The summed E-state index contributed by atoms with van der Waals surface area (Å²) in [6, 6.07) is 0. The van der Waals surface area contributed by atoms with Crippen LogP contribution in [0.25, 0.3) is 0 Å². The van der Waals surface area contributed by atoms with E-state index in [-0.39, 0.29) is 17.9 Å². The molecule has 1 amide bonds. The molecule has 0 aromatic heterocycles. The van der Waals surface area contributed by atoms with Crippen molar-refractivity contribution in [2.75, 3.05) is 0 Å². The summed E-state index contributed by atoms with van der Waals surface area (Å²) in [5.74, 6) is -1.71. The first-order valence-corrected chi connectivity index (χ1v) is 14.4. The van der Waals surface area contributed by atoms with Gasteiger partial charge in [0.25, 0.3) is 0 Å². The Morgan fingerprint density at radius 1 is 0.735 bits per heavy atom. The van der Waals surface area contributed by atoms with E-state index < -0.39 is 23.9 Å². The smallest absolute Gasteiger partial charge is 0.318 e. The number of aliphatic hydroxyl groups excluding tert-OH is 1. The highest BCUT2D eigenvalue weighted by molar-refractivity contribution is 5.96. The van der Waals surface area contributed by atoms with Crippen LogP contribution >= 0.6 is 0 Å². The number of hydrogen-bond acceptors (Lipinski definition) is 4. The normalized spacial score (nSPS) is 15.1. The van der Waals surface area contributed by atoms with Gasteiger partial charge < -0.3 is 15.6 Å². The van der Waals surface area contributed by atoms with Gasteiger partial charge in [0.05, 0.1) is 6.10 Å². The monoisotopic (exact) mass is 483 g/mol. The molecule has 0 rings (SSSR count). The SMILES string of the molecule is CCCCCCCCCCC[C@@H](C[C@H](O)[C@@H](C)CCCCCC)OC(=O)[C@@H](CC(C)C)C(N)=O. The topological polar surface area (TPSA) is 89.6 Å². The highest BCUT2D eigenvalue weighted by atomic mass is 16.5. The Kier molecular flexibility index (Phi) is 20.5. The first-order chi connectivity index (χ1) is 16.2. The Morgan fingerprint density at radius 3 is 1.71 bits per heavy atom. The van der Waals surface area contributed by atoms with Crippen molar-refractivity contribution < 1.29 is 19.4 Å². The number of unbranched alkanes of at least 4 members (excludes halogenated alkanes) is 11. The highest BCUT2D eigenvalue weighted by Gasteiger charge is 2.30. The van der Waals surface area contributed by atoms with Crippen molar-refractivity contribution in [3.63, 3.8) is 0 Å². The molecule has 0 saturated heterocycles. The number of aliphatic hydroxyl groups is 1. The highest BCUT2D eigenvalue weighted by Crippen LogP contribution is 2.23. The minimum absolute atomic E-state index is 0.170. The van der Waals surface area contributed by atoms with Gasteiger partial charge in [-0.1, -0.05) is 112 Å². The predicted octanol–water partition coefficient (Wildman–Crippen LogP) is 7.32. The van der Waals surface area contributed by atoms with Crippen molar-refractivity contribution in [1.82, 2.24) is 0 Å². The molecule has 5 nitrogen and oxygen atoms in total. The van der Waals surface area contributed by atoms with Gasteiger partial charge in [0, 0.05) is 6.42 Å². The van der Waals surface area contributed by atoms with E-state index >= 15 is 0 Å². The maximum atomic E-state index is 12.8. The van der Waals surface area contributed by atoms with Crippen LogP contribution in [0.1, 0.15) is 144 Å². The molecule has 0 aromatic rings. The molecule has 34 heavy (non-hydrogen) atoms. The first-order valence-electron chi connectivity index (χ1n) is 14.4. The Balaban J connectivity index is 4.75. The van der Waals surface area contributed by atoms with Gasteiger partial charge in [-0.05, 0) is 37.5 Å². The van der Waals surface area contributed by atoms with E-state index in [2.05, 4.69) is 20.8 Å². The van der Waals surface area contributed by atoms with Gasteiger partial charge in [-0.3, -0.25) is 9.59 Å². The van der Waals surface area contributed by atoms with Gasteiger partial charge in [-0.2, -0.15) is 0 Å². The second kappa shape index (κ2) is 21.2. The summed E-state index contributed by atoms with van der Waals surface area (Å²) in [4.78, 5) is 24.6. The zero-order chi connectivity index (χ0) is 25.8. The minimum atomic E-state index is -0.908. The van der Waals surface area contributed by atoms with Gasteiger partial charge in [-0.15, -0.1) is 0 Å². The zero-order valence-electron chi connectivity index (χ0n) is 23.2. The fourth-order valence-electron chi connectivity index (χ4n) is 4.54. The van der Waals surface area contributed by atoms with Crippen molar-refractivity contribution >= 4 is 11.9 Å². The van der Waals surface area contributed by atoms with Gasteiger partial charge >= 0.3 is 5.97 Å². The summed E-state index contributed by atoms with van der Waals surface area (Å²) in [6.45, 7) is 10.4. The molecular formula is C29H57NO4. The molecule has 0 bridgehead atoms. The van der Waals surface area contributed by atoms with E-state index in [0.29, 0.717) is 12.8 Å². The molecule has 0 radical (unpaired) electrons. The fraction of sp³-hybridized carbons (Fsp3) is 0.931.